The van der Waals surface area contributed by atoms with E-state index in [9.17, 15) is 0 Å². The van der Waals surface area contributed by atoms with Gasteiger partial charge in [-0.25, -0.2) is 4.57 Å². The summed E-state index contributed by atoms with van der Waals surface area (Å²) in [6.45, 7) is 5.74. The molecule has 1 rings (SSSR count). The van der Waals surface area contributed by atoms with Crippen molar-refractivity contribution in [3.63, 3.8) is 0 Å². The minimum absolute atomic E-state index is 0.849. The van der Waals surface area contributed by atoms with E-state index in [1.54, 1.807) is 0 Å². The van der Waals surface area contributed by atoms with Gasteiger partial charge in [-0.1, -0.05) is 32.8 Å². The fourth-order valence-corrected chi connectivity index (χ4v) is 1.77. The lowest BCUT2D eigenvalue weighted by atomic mass is 9.99. The fourth-order valence-electron chi connectivity index (χ4n) is 1.77. The molecule has 0 saturated carbocycles. The Hall–Kier alpha value is -0.850. The zero-order valence-corrected chi connectivity index (χ0v) is 9.45. The smallest absolute Gasteiger partial charge is 0.168 e. The van der Waals surface area contributed by atoms with Crippen LogP contribution in [0.15, 0.2) is 30.6 Å². The first-order chi connectivity index (χ1) is 6.86. The van der Waals surface area contributed by atoms with E-state index in [1.807, 2.05) is 0 Å². The zero-order valence-electron chi connectivity index (χ0n) is 9.45. The average molecular weight is 192 g/mol. The third-order valence-corrected chi connectivity index (χ3v) is 2.79. The van der Waals surface area contributed by atoms with Crippen LogP contribution in [-0.4, -0.2) is 0 Å². The first kappa shape index (κ1) is 11.2. The molecule has 0 N–H and O–H groups in total. The lowest BCUT2D eigenvalue weighted by molar-refractivity contribution is -0.703. The average Bonchev–Trinajstić information content (AvgIpc) is 2.25. The molecule has 1 unspecified atom stereocenters. The molecule has 0 aliphatic carbocycles. The minimum atomic E-state index is 0.849. The van der Waals surface area contributed by atoms with Crippen LogP contribution in [0.4, 0.5) is 0 Å². The fraction of sp³-hybridized carbons (Fsp3) is 0.615. The van der Waals surface area contributed by atoms with E-state index >= 15 is 0 Å². The van der Waals surface area contributed by atoms with Crippen molar-refractivity contribution < 1.29 is 4.57 Å². The second kappa shape index (κ2) is 6.58. The Kier molecular flexibility index (Phi) is 5.28. The Morgan fingerprint density at radius 2 is 1.79 bits per heavy atom. The van der Waals surface area contributed by atoms with Gasteiger partial charge in [0, 0.05) is 18.1 Å². The summed E-state index contributed by atoms with van der Waals surface area (Å²) in [6.07, 6.45) is 9.67. The molecule has 0 fully saturated rings. The predicted octanol–water partition coefficient (Wildman–Crippen LogP) is 3.19. The van der Waals surface area contributed by atoms with E-state index in [0.717, 1.165) is 5.92 Å². The number of aromatic nitrogens is 1. The summed E-state index contributed by atoms with van der Waals surface area (Å²) >= 11 is 0. The standard InChI is InChI=1S/C13H22N/c1-3-5-9-13(4-2)12-14-10-7-6-8-11-14/h6-8,10-11,13H,3-5,9,12H2,1-2H3/q+1. The molecule has 0 aliphatic rings. The second-order valence-electron chi connectivity index (χ2n) is 3.99. The normalized spacial score (nSPS) is 12.7. The maximum absolute atomic E-state index is 2.30. The SMILES string of the molecule is CCCCC(CC)C[n+]1ccccc1. The predicted molar refractivity (Wildman–Crippen MR) is 59.9 cm³/mol. The van der Waals surface area contributed by atoms with Crippen LogP contribution < -0.4 is 4.57 Å². The summed E-state index contributed by atoms with van der Waals surface area (Å²) in [5.41, 5.74) is 0. The van der Waals surface area contributed by atoms with Crippen LogP contribution in [0.1, 0.15) is 39.5 Å². The van der Waals surface area contributed by atoms with Crippen LogP contribution >= 0.6 is 0 Å². The van der Waals surface area contributed by atoms with Gasteiger partial charge < -0.3 is 0 Å². The summed E-state index contributed by atoms with van der Waals surface area (Å²) in [5, 5.41) is 0. The van der Waals surface area contributed by atoms with E-state index < -0.39 is 0 Å². The van der Waals surface area contributed by atoms with Crippen molar-refractivity contribution in [3.8, 4) is 0 Å². The van der Waals surface area contributed by atoms with Gasteiger partial charge in [0.1, 0.15) is 0 Å². The van der Waals surface area contributed by atoms with Gasteiger partial charge in [-0.15, -0.1) is 0 Å². The summed E-state index contributed by atoms with van der Waals surface area (Å²) in [6, 6.07) is 6.28. The number of nitrogens with zero attached hydrogens (tertiary/aromatic N) is 1. The van der Waals surface area contributed by atoms with E-state index in [-0.39, 0.29) is 0 Å². The molecule has 1 aromatic rings. The summed E-state index contributed by atoms with van der Waals surface area (Å²) in [4.78, 5) is 0. The van der Waals surface area contributed by atoms with Crippen molar-refractivity contribution in [3.05, 3.63) is 30.6 Å². The van der Waals surface area contributed by atoms with Crippen molar-refractivity contribution in [2.45, 2.75) is 46.1 Å². The minimum Gasteiger partial charge on any atom is -0.205 e. The Bertz CT molecular complexity index is 230. The van der Waals surface area contributed by atoms with E-state index in [2.05, 4.69) is 49.0 Å². The Labute approximate surface area is 87.8 Å². The Morgan fingerprint density at radius 1 is 1.07 bits per heavy atom. The summed E-state index contributed by atoms with van der Waals surface area (Å²) in [7, 11) is 0. The van der Waals surface area contributed by atoms with Gasteiger partial charge in [-0.05, 0) is 12.8 Å². The molecule has 1 atom stereocenters. The first-order valence-electron chi connectivity index (χ1n) is 5.80. The largest absolute Gasteiger partial charge is 0.205 e. The number of unbranched alkanes of at least 4 members (excludes halogenated alkanes) is 1. The Balaban J connectivity index is 2.40. The highest BCUT2D eigenvalue weighted by molar-refractivity contribution is 4.83. The third kappa shape index (κ3) is 3.91. The van der Waals surface area contributed by atoms with Gasteiger partial charge in [0.05, 0.1) is 0 Å². The molecule has 0 bridgehead atoms. The van der Waals surface area contributed by atoms with Gasteiger partial charge in [-0.3, -0.25) is 0 Å². The molecular weight excluding hydrogens is 170 g/mol. The molecule has 0 aromatic carbocycles. The van der Waals surface area contributed by atoms with E-state index in [0.29, 0.717) is 0 Å². The molecule has 0 radical (unpaired) electrons. The molecule has 0 saturated heterocycles. The second-order valence-corrected chi connectivity index (χ2v) is 3.99. The molecule has 1 aromatic heterocycles. The van der Waals surface area contributed by atoms with Crippen molar-refractivity contribution in [2.75, 3.05) is 0 Å². The van der Waals surface area contributed by atoms with Crippen LogP contribution in [0.25, 0.3) is 0 Å². The van der Waals surface area contributed by atoms with Gasteiger partial charge >= 0.3 is 0 Å². The molecule has 1 heteroatoms. The van der Waals surface area contributed by atoms with Crippen molar-refractivity contribution >= 4 is 0 Å². The van der Waals surface area contributed by atoms with Crippen LogP contribution in [0, 0.1) is 5.92 Å². The lowest BCUT2D eigenvalue weighted by Gasteiger charge is -2.10. The zero-order chi connectivity index (χ0) is 10.2. The summed E-state index contributed by atoms with van der Waals surface area (Å²) < 4.78 is 2.30. The van der Waals surface area contributed by atoms with Gasteiger partial charge in [0.2, 0.25) is 0 Å². The van der Waals surface area contributed by atoms with Gasteiger partial charge in [0.25, 0.3) is 0 Å². The molecule has 1 nitrogen and oxygen atoms in total. The maximum atomic E-state index is 2.30. The number of hydrogen-bond acceptors (Lipinski definition) is 0. The van der Waals surface area contributed by atoms with Crippen LogP contribution in [0.5, 0.6) is 0 Å². The van der Waals surface area contributed by atoms with Crippen LogP contribution in [-0.2, 0) is 6.54 Å². The highest BCUT2D eigenvalue weighted by Crippen LogP contribution is 2.12. The molecule has 0 aliphatic heterocycles. The Morgan fingerprint density at radius 3 is 2.36 bits per heavy atom. The maximum Gasteiger partial charge on any atom is 0.168 e. The number of hydrogen-bond donors (Lipinski definition) is 0. The van der Waals surface area contributed by atoms with Crippen molar-refractivity contribution in [2.24, 2.45) is 5.92 Å². The molecule has 0 amide bonds. The van der Waals surface area contributed by atoms with Crippen LogP contribution in [0.2, 0.25) is 0 Å². The van der Waals surface area contributed by atoms with Gasteiger partial charge in [0.15, 0.2) is 18.9 Å². The number of pyridine rings is 1. The highest BCUT2D eigenvalue weighted by Gasteiger charge is 2.10. The first-order valence-corrected chi connectivity index (χ1v) is 5.80. The highest BCUT2D eigenvalue weighted by atomic mass is 14.9. The summed E-state index contributed by atoms with van der Waals surface area (Å²) in [5.74, 6) is 0.849. The molecule has 14 heavy (non-hydrogen) atoms. The number of rotatable bonds is 6. The molecule has 1 heterocycles. The topological polar surface area (TPSA) is 3.88 Å². The van der Waals surface area contributed by atoms with E-state index in [1.165, 1.54) is 32.2 Å². The van der Waals surface area contributed by atoms with Crippen molar-refractivity contribution in [1.29, 1.82) is 0 Å². The van der Waals surface area contributed by atoms with Gasteiger partial charge in [-0.2, -0.15) is 0 Å². The molecule has 0 spiro atoms. The molecule has 78 valence electrons. The van der Waals surface area contributed by atoms with Crippen molar-refractivity contribution in [1.82, 2.24) is 0 Å². The third-order valence-electron chi connectivity index (χ3n) is 2.79. The van der Waals surface area contributed by atoms with E-state index in [4.69, 9.17) is 0 Å². The monoisotopic (exact) mass is 192 g/mol. The molecular formula is C13H22N+. The van der Waals surface area contributed by atoms with Crippen LogP contribution in [0.3, 0.4) is 0 Å². The quantitative estimate of drug-likeness (QED) is 0.609. The lowest BCUT2D eigenvalue weighted by Crippen LogP contribution is -2.36.